The molecule has 1 aromatic rings. The van der Waals surface area contributed by atoms with Gasteiger partial charge in [-0.25, -0.2) is 0 Å². The van der Waals surface area contributed by atoms with Crippen LogP contribution in [0.1, 0.15) is 92.1 Å². The fraction of sp³-hybridized carbons (Fsp3) is 0.708. The molecule has 29 heavy (non-hydrogen) atoms. The lowest BCUT2D eigenvalue weighted by Crippen LogP contribution is -2.41. The lowest BCUT2D eigenvalue weighted by Gasteiger charge is -2.32. The van der Waals surface area contributed by atoms with Crippen LogP contribution in [0.4, 0.5) is 0 Å². The van der Waals surface area contributed by atoms with Gasteiger partial charge >= 0.3 is 13.1 Å². The van der Waals surface area contributed by atoms with Crippen LogP contribution in [0.25, 0.3) is 0 Å². The van der Waals surface area contributed by atoms with Crippen molar-refractivity contribution >= 4 is 18.6 Å². The first-order valence-corrected chi connectivity index (χ1v) is 11.0. The molecule has 0 spiro atoms. The van der Waals surface area contributed by atoms with E-state index in [1.165, 1.54) is 5.56 Å². The molecular formula is C24H37BO4. The van der Waals surface area contributed by atoms with E-state index in [2.05, 4.69) is 52.0 Å². The number of hydrogen-bond donors (Lipinski definition) is 0. The van der Waals surface area contributed by atoms with E-state index in [1.54, 1.807) is 0 Å². The molecular weight excluding hydrogens is 363 g/mol. The molecule has 2 aliphatic rings. The maximum Gasteiger partial charge on any atom is 0.494 e. The van der Waals surface area contributed by atoms with Crippen LogP contribution in [0.15, 0.2) is 24.3 Å². The third kappa shape index (κ3) is 5.43. The van der Waals surface area contributed by atoms with Gasteiger partial charge in [0, 0.05) is 6.42 Å². The molecule has 1 aromatic carbocycles. The minimum absolute atomic E-state index is 0.0623. The van der Waals surface area contributed by atoms with E-state index < -0.39 is 5.60 Å². The summed E-state index contributed by atoms with van der Waals surface area (Å²) >= 11 is 0. The molecule has 1 heterocycles. The number of hydrogen-bond acceptors (Lipinski definition) is 4. The Kier molecular flexibility index (Phi) is 6.22. The zero-order valence-electron chi connectivity index (χ0n) is 19.2. The minimum Gasteiger partial charge on any atom is -0.460 e. The summed E-state index contributed by atoms with van der Waals surface area (Å²) in [5.74, 6) is 0.954. The molecule has 0 aromatic heterocycles. The molecule has 1 saturated heterocycles. The molecule has 1 aliphatic heterocycles. The normalized spacial score (nSPS) is 26.4. The van der Waals surface area contributed by atoms with Gasteiger partial charge in [0.15, 0.2) is 0 Å². The van der Waals surface area contributed by atoms with E-state index in [0.29, 0.717) is 18.3 Å². The monoisotopic (exact) mass is 400 g/mol. The standard InChI is InChI=1S/C24H37BO4/c1-22(2,3)27-21(26)16-17-8-10-18(11-9-17)19-12-14-20(15-13-19)25-28-23(4,5)24(6,7)29-25/h12-15,17-18H,8-11,16H2,1-7H3/t17-,18-. The molecule has 0 radical (unpaired) electrons. The summed E-state index contributed by atoms with van der Waals surface area (Å²) in [6.07, 6.45) is 4.98. The summed E-state index contributed by atoms with van der Waals surface area (Å²) in [7, 11) is -0.307. The molecule has 1 saturated carbocycles. The first kappa shape index (κ1) is 22.4. The van der Waals surface area contributed by atoms with E-state index in [9.17, 15) is 4.79 Å². The van der Waals surface area contributed by atoms with Gasteiger partial charge < -0.3 is 14.0 Å². The van der Waals surface area contributed by atoms with E-state index in [0.717, 1.165) is 31.1 Å². The van der Waals surface area contributed by atoms with Crippen LogP contribution in [-0.4, -0.2) is 29.9 Å². The molecule has 4 nitrogen and oxygen atoms in total. The molecule has 5 heteroatoms. The van der Waals surface area contributed by atoms with Crippen LogP contribution >= 0.6 is 0 Å². The molecule has 0 atom stereocenters. The Morgan fingerprint density at radius 3 is 2.00 bits per heavy atom. The Balaban J connectivity index is 1.53. The van der Waals surface area contributed by atoms with Gasteiger partial charge in [-0.05, 0) is 97.0 Å². The van der Waals surface area contributed by atoms with Crippen LogP contribution in [0.3, 0.4) is 0 Å². The van der Waals surface area contributed by atoms with Crippen molar-refractivity contribution in [2.24, 2.45) is 5.92 Å². The van der Waals surface area contributed by atoms with E-state index in [1.807, 2.05) is 20.8 Å². The molecule has 0 amide bonds. The second kappa shape index (κ2) is 8.07. The lowest BCUT2D eigenvalue weighted by atomic mass is 9.75. The molecule has 0 N–H and O–H groups in total. The third-order valence-corrected chi connectivity index (χ3v) is 6.66. The van der Waals surface area contributed by atoms with Gasteiger partial charge in [0.2, 0.25) is 0 Å². The predicted molar refractivity (Wildman–Crippen MR) is 117 cm³/mol. The zero-order chi connectivity index (χ0) is 21.4. The first-order chi connectivity index (χ1) is 13.4. The summed E-state index contributed by atoms with van der Waals surface area (Å²) in [5.41, 5.74) is 1.42. The SMILES string of the molecule is CC(C)(C)OC(=O)C[C@H]1CC[C@H](c2ccc(B3OC(C)(C)C(C)(C)O3)cc2)CC1. The zero-order valence-corrected chi connectivity index (χ0v) is 19.2. The Bertz CT molecular complexity index is 693. The molecule has 1 aliphatic carbocycles. The van der Waals surface area contributed by atoms with E-state index >= 15 is 0 Å². The number of rotatable bonds is 4. The van der Waals surface area contributed by atoms with Gasteiger partial charge in [-0.2, -0.15) is 0 Å². The van der Waals surface area contributed by atoms with Crippen molar-refractivity contribution in [1.82, 2.24) is 0 Å². The largest absolute Gasteiger partial charge is 0.494 e. The van der Waals surface area contributed by atoms with Gasteiger partial charge in [0.05, 0.1) is 11.2 Å². The molecule has 3 rings (SSSR count). The maximum atomic E-state index is 12.1. The van der Waals surface area contributed by atoms with Crippen LogP contribution in [0, 0.1) is 5.92 Å². The van der Waals surface area contributed by atoms with Crippen molar-refractivity contribution in [1.29, 1.82) is 0 Å². The number of carbonyl (C=O) groups excluding carboxylic acids is 1. The van der Waals surface area contributed by atoms with Gasteiger partial charge in [-0.1, -0.05) is 24.3 Å². The van der Waals surface area contributed by atoms with Gasteiger partial charge in [-0.15, -0.1) is 0 Å². The second-order valence-corrected chi connectivity index (χ2v) is 10.8. The Hall–Kier alpha value is -1.33. The van der Waals surface area contributed by atoms with Crippen LogP contribution in [0.5, 0.6) is 0 Å². The van der Waals surface area contributed by atoms with E-state index in [-0.39, 0.29) is 24.3 Å². The van der Waals surface area contributed by atoms with Crippen molar-refractivity contribution < 1.29 is 18.8 Å². The molecule has 2 fully saturated rings. The Labute approximate surface area is 176 Å². The highest BCUT2D eigenvalue weighted by Crippen LogP contribution is 2.38. The summed E-state index contributed by atoms with van der Waals surface area (Å²) in [6, 6.07) is 8.73. The highest BCUT2D eigenvalue weighted by atomic mass is 16.7. The highest BCUT2D eigenvalue weighted by Gasteiger charge is 2.51. The van der Waals surface area contributed by atoms with Gasteiger partial charge in [-0.3, -0.25) is 4.79 Å². The average molecular weight is 400 g/mol. The number of benzene rings is 1. The van der Waals surface area contributed by atoms with Gasteiger partial charge in [0.25, 0.3) is 0 Å². The Morgan fingerprint density at radius 1 is 1.00 bits per heavy atom. The van der Waals surface area contributed by atoms with Crippen LogP contribution in [0.2, 0.25) is 0 Å². The fourth-order valence-corrected chi connectivity index (χ4v) is 4.22. The topological polar surface area (TPSA) is 44.8 Å². The van der Waals surface area contributed by atoms with E-state index in [4.69, 9.17) is 14.0 Å². The molecule has 160 valence electrons. The summed E-state index contributed by atoms with van der Waals surface area (Å²) in [6.45, 7) is 14.1. The molecule has 0 unspecified atom stereocenters. The number of esters is 1. The summed E-state index contributed by atoms with van der Waals surface area (Å²) in [5, 5.41) is 0. The second-order valence-electron chi connectivity index (χ2n) is 10.8. The molecule has 0 bridgehead atoms. The van der Waals surface area contributed by atoms with Gasteiger partial charge in [0.1, 0.15) is 5.60 Å². The van der Waals surface area contributed by atoms with Crippen molar-refractivity contribution in [3.05, 3.63) is 29.8 Å². The Morgan fingerprint density at radius 2 is 1.52 bits per heavy atom. The van der Waals surface area contributed by atoms with Crippen molar-refractivity contribution in [2.75, 3.05) is 0 Å². The average Bonchev–Trinajstić information content (AvgIpc) is 2.82. The van der Waals surface area contributed by atoms with Crippen molar-refractivity contribution in [3.63, 3.8) is 0 Å². The summed E-state index contributed by atoms with van der Waals surface area (Å²) in [4.78, 5) is 12.1. The van der Waals surface area contributed by atoms with Crippen molar-refractivity contribution in [3.8, 4) is 0 Å². The van der Waals surface area contributed by atoms with Crippen molar-refractivity contribution in [2.45, 2.75) is 103 Å². The summed E-state index contributed by atoms with van der Waals surface area (Å²) < 4.78 is 17.8. The number of ether oxygens (including phenoxy) is 1. The predicted octanol–water partition coefficient (Wildman–Crippen LogP) is 4.99. The fourth-order valence-electron chi connectivity index (χ4n) is 4.22. The minimum atomic E-state index is -0.396. The highest BCUT2D eigenvalue weighted by molar-refractivity contribution is 6.62. The first-order valence-electron chi connectivity index (χ1n) is 11.0. The quantitative estimate of drug-likeness (QED) is 0.528. The van der Waals surface area contributed by atoms with Crippen LogP contribution in [-0.2, 0) is 18.8 Å². The lowest BCUT2D eigenvalue weighted by molar-refractivity contribution is -0.156. The number of carbonyl (C=O) groups is 1. The maximum absolute atomic E-state index is 12.1. The van der Waals surface area contributed by atoms with Crippen LogP contribution < -0.4 is 5.46 Å². The third-order valence-electron chi connectivity index (χ3n) is 6.66. The smallest absolute Gasteiger partial charge is 0.460 e.